The lowest BCUT2D eigenvalue weighted by Gasteiger charge is -2.16. The maximum atomic E-state index is 12.6. The van der Waals surface area contributed by atoms with E-state index in [0.717, 1.165) is 23.7 Å². The normalized spacial score (nSPS) is 24.3. The van der Waals surface area contributed by atoms with E-state index in [1.54, 1.807) is 15.8 Å². The first-order valence-electron chi connectivity index (χ1n) is 8.04. The number of nitrogens with zero attached hydrogens (tertiary/aromatic N) is 3. The number of carbonyl (C=O) groups is 2. The van der Waals surface area contributed by atoms with Gasteiger partial charge >= 0.3 is 5.97 Å². The Labute approximate surface area is 133 Å². The molecular formula is C17H19N3O3. The molecule has 4 rings (SSSR count). The highest BCUT2D eigenvalue weighted by Gasteiger charge is 2.46. The van der Waals surface area contributed by atoms with Crippen molar-refractivity contribution in [3.63, 3.8) is 0 Å². The number of carbonyl (C=O) groups excluding carboxylic acids is 1. The fourth-order valence-electron chi connectivity index (χ4n) is 3.68. The van der Waals surface area contributed by atoms with E-state index in [-0.39, 0.29) is 18.4 Å². The summed E-state index contributed by atoms with van der Waals surface area (Å²) in [4.78, 5) is 25.7. The van der Waals surface area contributed by atoms with Crippen molar-refractivity contribution < 1.29 is 14.7 Å². The zero-order chi connectivity index (χ0) is 16.0. The molecule has 2 aromatic rings. The number of hydrogen-bond donors (Lipinski definition) is 1. The third-order valence-corrected chi connectivity index (χ3v) is 5.10. The van der Waals surface area contributed by atoms with Gasteiger partial charge < -0.3 is 10.0 Å². The van der Waals surface area contributed by atoms with Crippen LogP contribution in [0.4, 0.5) is 0 Å². The molecule has 1 aromatic heterocycles. The second-order valence-corrected chi connectivity index (χ2v) is 6.61. The first-order valence-corrected chi connectivity index (χ1v) is 8.04. The summed E-state index contributed by atoms with van der Waals surface area (Å²) in [5.74, 6) is -0.638. The lowest BCUT2D eigenvalue weighted by molar-refractivity contribution is -0.142. The summed E-state index contributed by atoms with van der Waals surface area (Å²) >= 11 is 0. The molecule has 1 saturated heterocycles. The summed E-state index contributed by atoms with van der Waals surface area (Å²) < 4.78 is 1.69. The Balaban J connectivity index is 1.50. The maximum absolute atomic E-state index is 12.6. The van der Waals surface area contributed by atoms with Crippen LogP contribution < -0.4 is 0 Å². The van der Waals surface area contributed by atoms with Crippen LogP contribution in [0.3, 0.4) is 0 Å². The number of benzene rings is 1. The average molecular weight is 313 g/mol. The monoisotopic (exact) mass is 313 g/mol. The van der Waals surface area contributed by atoms with Gasteiger partial charge in [-0.25, -0.2) is 0 Å². The molecule has 120 valence electrons. The summed E-state index contributed by atoms with van der Waals surface area (Å²) in [6, 6.07) is 7.76. The summed E-state index contributed by atoms with van der Waals surface area (Å²) in [6.45, 7) is 1.06. The number of aromatic nitrogens is 2. The Morgan fingerprint density at radius 2 is 2.00 bits per heavy atom. The van der Waals surface area contributed by atoms with Crippen molar-refractivity contribution in [1.82, 2.24) is 14.7 Å². The van der Waals surface area contributed by atoms with E-state index in [4.69, 9.17) is 0 Å². The number of likely N-dealkylation sites (tertiary alicyclic amines) is 1. The third kappa shape index (κ3) is 2.58. The molecule has 1 N–H and O–H groups in total. The number of para-hydroxylation sites is 1. The second-order valence-electron chi connectivity index (χ2n) is 6.61. The molecule has 1 amide bonds. The number of aliphatic carboxylic acids is 1. The molecule has 6 heteroatoms. The van der Waals surface area contributed by atoms with Gasteiger partial charge in [-0.15, -0.1) is 0 Å². The highest BCUT2D eigenvalue weighted by atomic mass is 16.4. The first kappa shape index (κ1) is 14.2. The second kappa shape index (κ2) is 5.37. The molecule has 2 aliphatic rings. The number of carboxylic acid groups (broad SMARTS) is 1. The van der Waals surface area contributed by atoms with Gasteiger partial charge in [-0.3, -0.25) is 14.3 Å². The van der Waals surface area contributed by atoms with Crippen molar-refractivity contribution in [3.05, 3.63) is 30.5 Å². The Kier molecular flexibility index (Phi) is 3.32. The minimum atomic E-state index is -0.776. The van der Waals surface area contributed by atoms with Crippen LogP contribution in [0.25, 0.3) is 10.9 Å². The summed E-state index contributed by atoms with van der Waals surface area (Å²) in [5.41, 5.74) is 0.925. The number of fused-ring (bicyclic) bond motifs is 1. The molecular weight excluding hydrogens is 294 g/mol. The van der Waals surface area contributed by atoms with E-state index in [1.807, 2.05) is 24.3 Å². The van der Waals surface area contributed by atoms with Crippen molar-refractivity contribution in [3.8, 4) is 0 Å². The minimum Gasteiger partial charge on any atom is -0.481 e. The molecule has 1 saturated carbocycles. The molecule has 23 heavy (non-hydrogen) atoms. The van der Waals surface area contributed by atoms with Crippen molar-refractivity contribution in [2.24, 2.45) is 17.8 Å². The van der Waals surface area contributed by atoms with Crippen LogP contribution in [0.5, 0.6) is 0 Å². The van der Waals surface area contributed by atoms with Crippen molar-refractivity contribution in [2.75, 3.05) is 13.1 Å². The topological polar surface area (TPSA) is 75.4 Å². The Morgan fingerprint density at radius 1 is 1.22 bits per heavy atom. The lowest BCUT2D eigenvalue weighted by Crippen LogP contribution is -2.33. The van der Waals surface area contributed by atoms with Crippen LogP contribution in [0.15, 0.2) is 30.5 Å². The van der Waals surface area contributed by atoms with E-state index in [9.17, 15) is 14.7 Å². The fraction of sp³-hybridized carbons (Fsp3) is 0.471. The van der Waals surface area contributed by atoms with E-state index in [2.05, 4.69) is 5.10 Å². The molecule has 2 fully saturated rings. The van der Waals surface area contributed by atoms with E-state index >= 15 is 0 Å². The Bertz CT molecular complexity index is 765. The molecule has 2 heterocycles. The molecule has 0 bridgehead atoms. The zero-order valence-corrected chi connectivity index (χ0v) is 12.8. The van der Waals surface area contributed by atoms with Gasteiger partial charge in [0.15, 0.2) is 0 Å². The number of carboxylic acids is 1. The van der Waals surface area contributed by atoms with Gasteiger partial charge in [0.25, 0.3) is 0 Å². The quantitative estimate of drug-likeness (QED) is 0.930. The van der Waals surface area contributed by atoms with E-state index in [1.165, 1.54) is 0 Å². The van der Waals surface area contributed by atoms with Crippen LogP contribution >= 0.6 is 0 Å². The fourth-order valence-corrected chi connectivity index (χ4v) is 3.68. The molecule has 0 radical (unpaired) electrons. The third-order valence-electron chi connectivity index (χ3n) is 5.10. The van der Waals surface area contributed by atoms with Crippen molar-refractivity contribution in [1.29, 1.82) is 0 Å². The highest BCUT2D eigenvalue weighted by molar-refractivity contribution is 5.83. The van der Waals surface area contributed by atoms with Gasteiger partial charge in [0.2, 0.25) is 5.91 Å². The molecule has 1 aliphatic carbocycles. The van der Waals surface area contributed by atoms with Gasteiger partial charge in [0, 0.05) is 18.5 Å². The van der Waals surface area contributed by atoms with Crippen LogP contribution in [-0.4, -0.2) is 44.8 Å². The van der Waals surface area contributed by atoms with Gasteiger partial charge in [-0.05, 0) is 30.7 Å². The first-order chi connectivity index (χ1) is 11.1. The summed E-state index contributed by atoms with van der Waals surface area (Å²) in [7, 11) is 0. The van der Waals surface area contributed by atoms with Gasteiger partial charge in [0.1, 0.15) is 6.54 Å². The number of rotatable bonds is 4. The SMILES string of the molecule is O=C(O)[C@H]1CN(C(=O)Cn2ncc3ccccc32)C[C@@H]1C1CC1. The van der Waals surface area contributed by atoms with Crippen molar-refractivity contribution >= 4 is 22.8 Å². The average Bonchev–Trinajstić information content (AvgIpc) is 3.16. The van der Waals surface area contributed by atoms with Crippen LogP contribution in [0.2, 0.25) is 0 Å². The van der Waals surface area contributed by atoms with Crippen LogP contribution in [-0.2, 0) is 16.1 Å². The molecule has 6 nitrogen and oxygen atoms in total. The largest absolute Gasteiger partial charge is 0.481 e. The molecule has 1 aromatic carbocycles. The number of amides is 1. The summed E-state index contributed by atoms with van der Waals surface area (Å²) in [6.07, 6.45) is 3.94. The number of hydrogen-bond acceptors (Lipinski definition) is 3. The lowest BCUT2D eigenvalue weighted by atomic mass is 9.92. The van der Waals surface area contributed by atoms with Crippen LogP contribution in [0, 0.1) is 17.8 Å². The van der Waals surface area contributed by atoms with Gasteiger partial charge in [0.05, 0.1) is 17.6 Å². The smallest absolute Gasteiger partial charge is 0.308 e. The Morgan fingerprint density at radius 3 is 2.74 bits per heavy atom. The zero-order valence-electron chi connectivity index (χ0n) is 12.8. The molecule has 0 unspecified atom stereocenters. The maximum Gasteiger partial charge on any atom is 0.308 e. The van der Waals surface area contributed by atoms with Crippen molar-refractivity contribution in [2.45, 2.75) is 19.4 Å². The predicted octanol–water partition coefficient (Wildman–Crippen LogP) is 1.61. The van der Waals surface area contributed by atoms with Crippen LogP contribution in [0.1, 0.15) is 12.8 Å². The predicted molar refractivity (Wildman–Crippen MR) is 83.7 cm³/mol. The van der Waals surface area contributed by atoms with Gasteiger partial charge in [-0.2, -0.15) is 5.10 Å². The molecule has 0 spiro atoms. The Hall–Kier alpha value is -2.37. The minimum absolute atomic E-state index is 0.0479. The van der Waals surface area contributed by atoms with E-state index < -0.39 is 11.9 Å². The standard InChI is InChI=1S/C17H19N3O3/c21-16(10-20-15-4-2-1-3-12(15)7-18-20)19-8-13(11-5-6-11)14(9-19)17(22)23/h1-4,7,11,13-14H,5-6,8-10H2,(H,22,23)/t13-,14+/m1/s1. The highest BCUT2D eigenvalue weighted by Crippen LogP contribution is 2.44. The summed E-state index contributed by atoms with van der Waals surface area (Å²) in [5, 5.41) is 14.7. The molecule has 2 atom stereocenters. The van der Waals surface area contributed by atoms with E-state index in [0.29, 0.717) is 19.0 Å². The van der Waals surface area contributed by atoms with Gasteiger partial charge in [-0.1, -0.05) is 18.2 Å². The molecule has 1 aliphatic heterocycles.